The minimum Gasteiger partial charge on any atom is -0.397 e. The summed E-state index contributed by atoms with van der Waals surface area (Å²) in [4.78, 5) is 13.4. The van der Waals surface area contributed by atoms with E-state index in [1.54, 1.807) is 18.2 Å². The van der Waals surface area contributed by atoms with Gasteiger partial charge in [0, 0.05) is 11.5 Å². The summed E-state index contributed by atoms with van der Waals surface area (Å²) in [6.45, 7) is 0. The first-order valence-electron chi connectivity index (χ1n) is 5.68. The van der Waals surface area contributed by atoms with E-state index >= 15 is 0 Å². The van der Waals surface area contributed by atoms with Crippen molar-refractivity contribution in [3.63, 3.8) is 0 Å². The summed E-state index contributed by atoms with van der Waals surface area (Å²) >= 11 is 3.26. The molecule has 2 rings (SSSR count). The van der Waals surface area contributed by atoms with Crippen molar-refractivity contribution >= 4 is 33.2 Å². The predicted molar refractivity (Wildman–Crippen MR) is 77.6 cm³/mol. The van der Waals surface area contributed by atoms with Gasteiger partial charge in [0.2, 0.25) is 0 Å². The lowest BCUT2D eigenvalue weighted by Crippen LogP contribution is -2.28. The zero-order chi connectivity index (χ0) is 14.9. The molecule has 0 aliphatic rings. The van der Waals surface area contributed by atoms with Crippen LogP contribution in [0.5, 0.6) is 0 Å². The van der Waals surface area contributed by atoms with E-state index in [0.717, 1.165) is 22.7 Å². The molecule has 0 unspecified atom stereocenters. The third kappa shape index (κ3) is 2.80. The van der Waals surface area contributed by atoms with Gasteiger partial charge >= 0.3 is 0 Å². The highest BCUT2D eigenvalue weighted by Gasteiger charge is 2.19. The molecule has 20 heavy (non-hydrogen) atoms. The van der Waals surface area contributed by atoms with Crippen molar-refractivity contribution in [2.75, 3.05) is 17.7 Å². The van der Waals surface area contributed by atoms with E-state index in [4.69, 9.17) is 5.73 Å². The van der Waals surface area contributed by atoms with E-state index in [1.165, 1.54) is 11.9 Å². The summed E-state index contributed by atoms with van der Waals surface area (Å²) in [5, 5.41) is 0. The average Bonchev–Trinajstić information content (AvgIpc) is 2.40. The molecule has 2 aromatic carbocycles. The van der Waals surface area contributed by atoms with Crippen LogP contribution in [0, 0.1) is 11.6 Å². The summed E-state index contributed by atoms with van der Waals surface area (Å²) in [6.07, 6.45) is 0. The molecule has 0 aromatic heterocycles. The van der Waals surface area contributed by atoms with Crippen molar-refractivity contribution in [2.24, 2.45) is 0 Å². The smallest absolute Gasteiger partial charge is 0.261 e. The van der Waals surface area contributed by atoms with Gasteiger partial charge in [0.25, 0.3) is 5.91 Å². The molecule has 0 bridgehead atoms. The Hall–Kier alpha value is -1.95. The van der Waals surface area contributed by atoms with Crippen molar-refractivity contribution in [3.05, 3.63) is 58.1 Å². The monoisotopic (exact) mass is 340 g/mol. The van der Waals surface area contributed by atoms with E-state index < -0.39 is 17.5 Å². The number of nitrogens with two attached hydrogens (primary N) is 1. The normalized spacial score (nSPS) is 10.4. The molecular weight excluding hydrogens is 330 g/mol. The molecule has 0 aliphatic heterocycles. The Labute approximate surface area is 123 Å². The van der Waals surface area contributed by atoms with Gasteiger partial charge in [0.05, 0.1) is 16.9 Å². The number of hydrogen-bond donors (Lipinski definition) is 1. The predicted octanol–water partition coefficient (Wildman–Crippen LogP) is 3.59. The summed E-state index contributed by atoms with van der Waals surface area (Å²) in [7, 11) is 1.45. The number of hydrogen-bond acceptors (Lipinski definition) is 2. The van der Waals surface area contributed by atoms with Crippen LogP contribution in [0.4, 0.5) is 20.2 Å². The van der Waals surface area contributed by atoms with Gasteiger partial charge < -0.3 is 10.6 Å². The number of anilines is 2. The van der Waals surface area contributed by atoms with E-state index in [9.17, 15) is 13.6 Å². The minimum atomic E-state index is -0.779. The lowest BCUT2D eigenvalue weighted by molar-refractivity contribution is 0.0988. The maximum atomic E-state index is 13.6. The minimum absolute atomic E-state index is 0.338. The third-order valence-electron chi connectivity index (χ3n) is 2.81. The second-order valence-electron chi connectivity index (χ2n) is 4.19. The maximum absolute atomic E-state index is 13.6. The standard InChI is InChI=1S/C14H11BrF2N2O/c1-19(13-5-2-8(15)6-12(13)18)14(20)10-7-9(16)3-4-11(10)17/h2-7H,18H2,1H3. The van der Waals surface area contributed by atoms with Crippen LogP contribution in [0.15, 0.2) is 40.9 Å². The molecule has 0 aliphatic carbocycles. The molecule has 3 nitrogen and oxygen atoms in total. The van der Waals surface area contributed by atoms with Crippen LogP contribution < -0.4 is 10.6 Å². The summed E-state index contributed by atoms with van der Waals surface area (Å²) in [6, 6.07) is 7.69. The Bertz CT molecular complexity index is 676. The van der Waals surface area contributed by atoms with Crippen molar-refractivity contribution in [2.45, 2.75) is 0 Å². The molecule has 0 spiro atoms. The van der Waals surface area contributed by atoms with Gasteiger partial charge in [-0.1, -0.05) is 15.9 Å². The van der Waals surface area contributed by atoms with Gasteiger partial charge in [0.1, 0.15) is 11.6 Å². The highest BCUT2D eigenvalue weighted by atomic mass is 79.9. The third-order valence-corrected chi connectivity index (χ3v) is 3.31. The number of nitrogen functional groups attached to an aromatic ring is 1. The van der Waals surface area contributed by atoms with Crippen LogP contribution in [0.25, 0.3) is 0 Å². The number of halogens is 3. The van der Waals surface area contributed by atoms with Gasteiger partial charge in [-0.2, -0.15) is 0 Å². The Morgan fingerprint density at radius 3 is 2.55 bits per heavy atom. The zero-order valence-electron chi connectivity index (χ0n) is 10.5. The summed E-state index contributed by atoms with van der Waals surface area (Å²) in [5.41, 5.74) is 6.25. The fourth-order valence-corrected chi connectivity index (χ4v) is 2.16. The van der Waals surface area contributed by atoms with E-state index in [0.29, 0.717) is 11.4 Å². The molecule has 0 atom stereocenters. The van der Waals surface area contributed by atoms with Crippen LogP contribution in [0.2, 0.25) is 0 Å². The van der Waals surface area contributed by atoms with Gasteiger partial charge in [0.15, 0.2) is 0 Å². The Morgan fingerprint density at radius 2 is 1.90 bits per heavy atom. The van der Waals surface area contributed by atoms with E-state index in [1.807, 2.05) is 0 Å². The number of carbonyl (C=O) groups excluding carboxylic acids is 1. The zero-order valence-corrected chi connectivity index (χ0v) is 12.1. The average molecular weight is 341 g/mol. The first kappa shape index (κ1) is 14.5. The van der Waals surface area contributed by atoms with E-state index in [2.05, 4.69) is 15.9 Å². The first-order valence-corrected chi connectivity index (χ1v) is 6.47. The lowest BCUT2D eigenvalue weighted by Gasteiger charge is -2.19. The highest BCUT2D eigenvalue weighted by molar-refractivity contribution is 9.10. The fraction of sp³-hybridized carbons (Fsp3) is 0.0714. The number of amides is 1. The molecule has 104 valence electrons. The topological polar surface area (TPSA) is 46.3 Å². The first-order chi connectivity index (χ1) is 9.40. The number of carbonyl (C=O) groups is 1. The molecule has 2 aromatic rings. The second-order valence-corrected chi connectivity index (χ2v) is 5.11. The van der Waals surface area contributed by atoms with Crippen LogP contribution in [-0.4, -0.2) is 13.0 Å². The van der Waals surface area contributed by atoms with Crippen LogP contribution in [0.1, 0.15) is 10.4 Å². The molecule has 6 heteroatoms. The molecule has 0 heterocycles. The van der Waals surface area contributed by atoms with Gasteiger partial charge in [-0.05, 0) is 36.4 Å². The SMILES string of the molecule is CN(C(=O)c1cc(F)ccc1F)c1ccc(Br)cc1N. The maximum Gasteiger partial charge on any atom is 0.261 e. The van der Waals surface area contributed by atoms with Crippen LogP contribution in [-0.2, 0) is 0 Å². The number of rotatable bonds is 2. The summed E-state index contributed by atoms with van der Waals surface area (Å²) in [5.74, 6) is -2.12. The van der Waals surface area contributed by atoms with Crippen LogP contribution >= 0.6 is 15.9 Å². The number of benzene rings is 2. The molecule has 0 saturated heterocycles. The molecule has 2 N–H and O–H groups in total. The Morgan fingerprint density at radius 1 is 1.20 bits per heavy atom. The fourth-order valence-electron chi connectivity index (χ4n) is 1.78. The molecule has 0 saturated carbocycles. The van der Waals surface area contributed by atoms with Gasteiger partial charge in [-0.15, -0.1) is 0 Å². The van der Waals surface area contributed by atoms with Gasteiger partial charge in [-0.3, -0.25) is 4.79 Å². The van der Waals surface area contributed by atoms with E-state index in [-0.39, 0.29) is 5.56 Å². The van der Waals surface area contributed by atoms with Crippen molar-refractivity contribution in [1.82, 2.24) is 0 Å². The molecule has 1 amide bonds. The van der Waals surface area contributed by atoms with Crippen LogP contribution in [0.3, 0.4) is 0 Å². The summed E-state index contributed by atoms with van der Waals surface area (Å²) < 4.78 is 27.5. The Balaban J connectivity index is 2.40. The van der Waals surface area contributed by atoms with Crippen molar-refractivity contribution < 1.29 is 13.6 Å². The van der Waals surface area contributed by atoms with Crippen molar-refractivity contribution in [3.8, 4) is 0 Å². The molecular formula is C14H11BrF2N2O. The highest BCUT2D eigenvalue weighted by Crippen LogP contribution is 2.27. The number of nitrogens with zero attached hydrogens (tertiary/aromatic N) is 1. The van der Waals surface area contributed by atoms with Crippen molar-refractivity contribution in [1.29, 1.82) is 0 Å². The van der Waals surface area contributed by atoms with Gasteiger partial charge in [-0.25, -0.2) is 8.78 Å². The Kier molecular flexibility index (Phi) is 4.04. The second kappa shape index (κ2) is 5.58. The molecule has 0 radical (unpaired) electrons. The lowest BCUT2D eigenvalue weighted by atomic mass is 10.1. The largest absolute Gasteiger partial charge is 0.397 e. The molecule has 0 fully saturated rings. The quantitative estimate of drug-likeness (QED) is 0.849.